The fraction of sp³-hybridized carbons (Fsp3) is 0.733. The zero-order valence-corrected chi connectivity index (χ0v) is 14.1. The number of piperidine rings is 1. The van der Waals surface area contributed by atoms with Crippen molar-refractivity contribution in [1.29, 1.82) is 0 Å². The molecule has 6 heteroatoms. The van der Waals surface area contributed by atoms with Crippen LogP contribution in [0.15, 0.2) is 11.4 Å². The van der Waals surface area contributed by atoms with Gasteiger partial charge in [-0.15, -0.1) is 0 Å². The molecule has 1 saturated heterocycles. The summed E-state index contributed by atoms with van der Waals surface area (Å²) in [6.07, 6.45) is 7.99. The summed E-state index contributed by atoms with van der Waals surface area (Å²) in [7, 11) is 4.15. The summed E-state index contributed by atoms with van der Waals surface area (Å²) in [5.74, 6) is 0.824. The van der Waals surface area contributed by atoms with E-state index in [2.05, 4.69) is 22.2 Å². The Bertz CT molecular complexity index is 474. The molecular weight excluding hydrogens is 284 g/mol. The third-order valence-corrected chi connectivity index (χ3v) is 4.94. The summed E-state index contributed by atoms with van der Waals surface area (Å²) in [6.45, 7) is 2.89. The highest BCUT2D eigenvalue weighted by Crippen LogP contribution is 2.19. The van der Waals surface area contributed by atoms with E-state index in [1.54, 1.807) is 11.8 Å². The van der Waals surface area contributed by atoms with E-state index in [0.717, 1.165) is 23.8 Å². The minimum absolute atomic E-state index is 0.148. The molecule has 2 heterocycles. The summed E-state index contributed by atoms with van der Waals surface area (Å²) in [6, 6.07) is 0. The molecule has 21 heavy (non-hydrogen) atoms. The predicted octanol–water partition coefficient (Wildman–Crippen LogP) is 1.88. The van der Waals surface area contributed by atoms with Gasteiger partial charge in [-0.1, -0.05) is 11.8 Å². The molecule has 1 aliphatic heterocycles. The van der Waals surface area contributed by atoms with Crippen molar-refractivity contribution in [3.63, 3.8) is 0 Å². The molecule has 0 saturated carbocycles. The largest absolute Gasteiger partial charge is 0.350 e. The summed E-state index contributed by atoms with van der Waals surface area (Å²) in [5, 5.41) is 3.98. The molecule has 2 rings (SSSR count). The molecule has 1 N–H and O–H groups in total. The smallest absolute Gasteiger partial charge is 0.220 e. The van der Waals surface area contributed by atoms with Gasteiger partial charge in [-0.3, -0.25) is 4.79 Å². The van der Waals surface area contributed by atoms with E-state index in [4.69, 9.17) is 0 Å². The van der Waals surface area contributed by atoms with Crippen molar-refractivity contribution >= 4 is 17.7 Å². The number of thioether (sulfide) groups is 1. The average molecular weight is 310 g/mol. The van der Waals surface area contributed by atoms with Crippen LogP contribution in [0, 0.1) is 5.92 Å². The minimum atomic E-state index is 0.148. The van der Waals surface area contributed by atoms with E-state index in [0.29, 0.717) is 18.9 Å². The normalized spacial score (nSPS) is 19.7. The highest BCUT2D eigenvalue weighted by Gasteiger charge is 2.18. The fourth-order valence-electron chi connectivity index (χ4n) is 2.90. The van der Waals surface area contributed by atoms with Gasteiger partial charge in [0.25, 0.3) is 0 Å². The summed E-state index contributed by atoms with van der Waals surface area (Å²) < 4.78 is 2.03. The molecule has 1 aliphatic rings. The second kappa shape index (κ2) is 7.84. The Morgan fingerprint density at radius 1 is 1.52 bits per heavy atom. The van der Waals surface area contributed by atoms with Gasteiger partial charge in [0.2, 0.25) is 5.91 Å². The maximum atomic E-state index is 12.0. The van der Waals surface area contributed by atoms with Crippen LogP contribution >= 0.6 is 11.8 Å². The van der Waals surface area contributed by atoms with Gasteiger partial charge in [-0.2, -0.15) is 0 Å². The topological polar surface area (TPSA) is 50.2 Å². The summed E-state index contributed by atoms with van der Waals surface area (Å²) in [4.78, 5) is 18.6. The summed E-state index contributed by atoms with van der Waals surface area (Å²) >= 11 is 1.61. The van der Waals surface area contributed by atoms with Crippen molar-refractivity contribution in [2.75, 3.05) is 26.4 Å². The van der Waals surface area contributed by atoms with Gasteiger partial charge in [0.15, 0.2) is 5.16 Å². The van der Waals surface area contributed by atoms with Gasteiger partial charge in [0, 0.05) is 20.0 Å². The average Bonchev–Trinajstić information content (AvgIpc) is 2.83. The molecule has 1 aromatic rings. The lowest BCUT2D eigenvalue weighted by Crippen LogP contribution is -2.33. The highest BCUT2D eigenvalue weighted by atomic mass is 32.2. The molecule has 0 spiro atoms. The van der Waals surface area contributed by atoms with E-state index in [1.165, 1.54) is 19.4 Å². The van der Waals surface area contributed by atoms with Crippen molar-refractivity contribution in [3.05, 3.63) is 11.9 Å². The molecule has 1 amide bonds. The van der Waals surface area contributed by atoms with Crippen LogP contribution in [0.3, 0.4) is 0 Å². The number of hydrogen-bond acceptors (Lipinski definition) is 4. The summed E-state index contributed by atoms with van der Waals surface area (Å²) in [5.41, 5.74) is 1.05. The van der Waals surface area contributed by atoms with Crippen molar-refractivity contribution in [3.8, 4) is 0 Å². The molecule has 0 aliphatic carbocycles. The lowest BCUT2D eigenvalue weighted by atomic mass is 9.93. The zero-order valence-electron chi connectivity index (χ0n) is 13.3. The Kier molecular flexibility index (Phi) is 6.11. The van der Waals surface area contributed by atoms with Crippen LogP contribution < -0.4 is 5.32 Å². The molecule has 5 nitrogen and oxygen atoms in total. The van der Waals surface area contributed by atoms with Crippen LogP contribution in [0.1, 0.15) is 31.4 Å². The van der Waals surface area contributed by atoms with Gasteiger partial charge in [0.05, 0.1) is 18.4 Å². The maximum absolute atomic E-state index is 12.0. The standard InChI is InChI=1S/C15H26N4OS/c1-18-8-4-5-12(11-18)6-7-14(20)16-9-13-10-17-15(21-3)19(13)2/h10,12H,4-9,11H2,1-3H3,(H,16,20). The molecule has 1 unspecified atom stereocenters. The van der Waals surface area contributed by atoms with Crippen molar-refractivity contribution in [2.24, 2.45) is 13.0 Å². The minimum Gasteiger partial charge on any atom is -0.350 e. The van der Waals surface area contributed by atoms with Crippen LogP contribution in [-0.2, 0) is 18.4 Å². The first-order chi connectivity index (χ1) is 10.1. The van der Waals surface area contributed by atoms with E-state index in [9.17, 15) is 4.79 Å². The van der Waals surface area contributed by atoms with Gasteiger partial charge in [-0.05, 0) is 45.0 Å². The van der Waals surface area contributed by atoms with Crippen LogP contribution in [0.4, 0.5) is 0 Å². The van der Waals surface area contributed by atoms with Crippen LogP contribution in [-0.4, -0.2) is 46.8 Å². The molecule has 0 bridgehead atoms. The Morgan fingerprint density at radius 3 is 3.00 bits per heavy atom. The van der Waals surface area contributed by atoms with Gasteiger partial charge < -0.3 is 14.8 Å². The molecule has 1 aromatic heterocycles. The Balaban J connectivity index is 1.71. The number of likely N-dealkylation sites (tertiary alicyclic amines) is 1. The first-order valence-corrected chi connectivity index (χ1v) is 8.82. The van der Waals surface area contributed by atoms with Gasteiger partial charge in [0.1, 0.15) is 0 Å². The van der Waals surface area contributed by atoms with Crippen LogP contribution in [0.2, 0.25) is 0 Å². The molecule has 1 fully saturated rings. The Labute approximate surface area is 131 Å². The SMILES string of the molecule is CSc1ncc(CNC(=O)CCC2CCCN(C)C2)n1C. The van der Waals surface area contributed by atoms with Gasteiger partial charge >= 0.3 is 0 Å². The van der Waals surface area contributed by atoms with Gasteiger partial charge in [-0.25, -0.2) is 4.98 Å². The number of hydrogen-bond donors (Lipinski definition) is 1. The third kappa shape index (κ3) is 4.74. The number of nitrogens with one attached hydrogen (secondary N) is 1. The van der Waals surface area contributed by atoms with E-state index in [1.807, 2.05) is 24.1 Å². The molecule has 0 aromatic carbocycles. The Hall–Kier alpha value is -1.01. The second-order valence-corrected chi connectivity index (χ2v) is 6.65. The molecule has 1 atom stereocenters. The van der Waals surface area contributed by atoms with Crippen molar-refractivity contribution in [2.45, 2.75) is 37.4 Å². The molecular formula is C15H26N4OS. The fourth-order valence-corrected chi connectivity index (χ4v) is 3.45. The van der Waals surface area contributed by atoms with E-state index < -0.39 is 0 Å². The monoisotopic (exact) mass is 310 g/mol. The number of carbonyl (C=O) groups is 1. The zero-order chi connectivity index (χ0) is 15.2. The van der Waals surface area contributed by atoms with E-state index in [-0.39, 0.29) is 5.91 Å². The highest BCUT2D eigenvalue weighted by molar-refractivity contribution is 7.98. The first kappa shape index (κ1) is 16.4. The number of amides is 1. The van der Waals surface area contributed by atoms with E-state index >= 15 is 0 Å². The second-order valence-electron chi connectivity index (χ2n) is 5.88. The van der Waals surface area contributed by atoms with Crippen LogP contribution in [0.5, 0.6) is 0 Å². The quantitative estimate of drug-likeness (QED) is 0.815. The third-order valence-electron chi connectivity index (χ3n) is 4.19. The predicted molar refractivity (Wildman–Crippen MR) is 86.3 cm³/mol. The lowest BCUT2D eigenvalue weighted by Gasteiger charge is -2.29. The Morgan fingerprint density at radius 2 is 2.33 bits per heavy atom. The number of nitrogens with zero attached hydrogens (tertiary/aromatic N) is 3. The number of rotatable bonds is 6. The first-order valence-electron chi connectivity index (χ1n) is 7.60. The number of carbonyl (C=O) groups excluding carboxylic acids is 1. The van der Waals surface area contributed by atoms with Crippen molar-refractivity contribution in [1.82, 2.24) is 19.8 Å². The van der Waals surface area contributed by atoms with Crippen molar-refractivity contribution < 1.29 is 4.79 Å². The molecule has 118 valence electrons. The molecule has 0 radical (unpaired) electrons. The van der Waals surface area contributed by atoms with Crippen LogP contribution in [0.25, 0.3) is 0 Å². The maximum Gasteiger partial charge on any atom is 0.220 e. The number of imidazole rings is 1. The lowest BCUT2D eigenvalue weighted by molar-refractivity contribution is -0.121. The number of aromatic nitrogens is 2.